The van der Waals surface area contributed by atoms with Crippen LogP contribution < -0.4 is 0 Å². The van der Waals surface area contributed by atoms with E-state index in [1.807, 2.05) is 44.2 Å². The van der Waals surface area contributed by atoms with Gasteiger partial charge in [-0.25, -0.2) is 4.79 Å². The Morgan fingerprint density at radius 3 is 2.59 bits per heavy atom. The van der Waals surface area contributed by atoms with Gasteiger partial charge in [-0.2, -0.15) is 0 Å². The molecule has 3 aliphatic rings. The summed E-state index contributed by atoms with van der Waals surface area (Å²) in [6.45, 7) is 7.52. The zero-order chi connectivity index (χ0) is 20.8. The summed E-state index contributed by atoms with van der Waals surface area (Å²) in [4.78, 5) is 24.3. The average Bonchev–Trinajstić information content (AvgIpc) is 3.15. The fraction of sp³-hybridized carbons (Fsp3) is 0.500. The molecule has 4 rings (SSSR count). The number of carbonyl (C=O) groups is 2. The van der Waals surface area contributed by atoms with Gasteiger partial charge in [-0.15, -0.1) is 0 Å². The molecule has 0 radical (unpaired) electrons. The molecule has 2 fully saturated rings. The average molecular weight is 396 g/mol. The van der Waals surface area contributed by atoms with Gasteiger partial charge < -0.3 is 14.2 Å². The van der Waals surface area contributed by atoms with E-state index in [1.54, 1.807) is 6.08 Å². The van der Waals surface area contributed by atoms with Gasteiger partial charge in [0.2, 0.25) is 0 Å². The van der Waals surface area contributed by atoms with Crippen LogP contribution in [0.5, 0.6) is 0 Å². The van der Waals surface area contributed by atoms with E-state index in [4.69, 9.17) is 14.2 Å². The molecule has 2 bridgehead atoms. The molecule has 29 heavy (non-hydrogen) atoms. The second kappa shape index (κ2) is 7.13. The van der Waals surface area contributed by atoms with Gasteiger partial charge in [0.05, 0.1) is 0 Å². The molecule has 1 aromatic carbocycles. The molecule has 0 aromatic heterocycles. The van der Waals surface area contributed by atoms with Crippen molar-refractivity contribution in [2.24, 2.45) is 5.92 Å². The largest absolute Gasteiger partial charge is 0.459 e. The number of hydrogen-bond acceptors (Lipinski definition) is 5. The number of esters is 2. The maximum Gasteiger partial charge on any atom is 0.331 e. The van der Waals surface area contributed by atoms with Gasteiger partial charge in [-0.3, -0.25) is 4.79 Å². The Morgan fingerprint density at radius 1 is 1.17 bits per heavy atom. The van der Waals surface area contributed by atoms with Crippen LogP contribution in [0.1, 0.15) is 52.5 Å². The van der Waals surface area contributed by atoms with Crippen molar-refractivity contribution in [3.8, 4) is 0 Å². The highest BCUT2D eigenvalue weighted by Crippen LogP contribution is 2.59. The summed E-state index contributed by atoms with van der Waals surface area (Å²) in [5, 5.41) is 0. The molecule has 5 unspecified atom stereocenters. The van der Waals surface area contributed by atoms with Gasteiger partial charge in [-0.1, -0.05) is 35.9 Å². The van der Waals surface area contributed by atoms with Gasteiger partial charge >= 0.3 is 11.9 Å². The lowest BCUT2D eigenvalue weighted by Gasteiger charge is -2.47. The number of hydrogen-bond donors (Lipinski definition) is 0. The van der Waals surface area contributed by atoms with Crippen LogP contribution in [0.4, 0.5) is 0 Å². The lowest BCUT2D eigenvalue weighted by atomic mass is 9.77. The minimum Gasteiger partial charge on any atom is -0.459 e. The summed E-state index contributed by atoms with van der Waals surface area (Å²) in [6, 6.07) is 9.64. The molecule has 1 aliphatic carbocycles. The molecule has 2 heterocycles. The van der Waals surface area contributed by atoms with Gasteiger partial charge in [0.15, 0.2) is 6.10 Å². The van der Waals surface area contributed by atoms with Crippen molar-refractivity contribution in [3.63, 3.8) is 0 Å². The normalized spacial score (nSPS) is 35.7. The third kappa shape index (κ3) is 3.42. The summed E-state index contributed by atoms with van der Waals surface area (Å²) >= 11 is 0. The van der Waals surface area contributed by atoms with Crippen LogP contribution in [0, 0.1) is 5.92 Å². The van der Waals surface area contributed by atoms with Crippen LogP contribution in [-0.4, -0.2) is 35.3 Å². The van der Waals surface area contributed by atoms with Crippen molar-refractivity contribution in [1.82, 2.24) is 0 Å². The Morgan fingerprint density at radius 2 is 1.90 bits per heavy atom. The molecule has 5 nitrogen and oxygen atoms in total. The number of benzene rings is 1. The smallest absolute Gasteiger partial charge is 0.331 e. The second-order valence-corrected chi connectivity index (χ2v) is 8.79. The summed E-state index contributed by atoms with van der Waals surface area (Å²) in [5.41, 5.74) is 2.04. The zero-order valence-corrected chi connectivity index (χ0v) is 17.4. The molecule has 0 N–H and O–H groups in total. The van der Waals surface area contributed by atoms with E-state index in [-0.39, 0.29) is 18.0 Å². The third-order valence-corrected chi connectivity index (χ3v) is 6.64. The van der Waals surface area contributed by atoms with Crippen LogP contribution in [0.3, 0.4) is 0 Å². The van der Waals surface area contributed by atoms with E-state index in [0.29, 0.717) is 6.42 Å². The monoisotopic (exact) mass is 396 g/mol. The summed E-state index contributed by atoms with van der Waals surface area (Å²) < 4.78 is 18.1. The van der Waals surface area contributed by atoms with Gasteiger partial charge in [0.25, 0.3) is 0 Å². The molecule has 0 amide bonds. The first kappa shape index (κ1) is 19.9. The predicted octanol–water partition coefficient (Wildman–Crippen LogP) is 4.22. The van der Waals surface area contributed by atoms with E-state index in [0.717, 1.165) is 24.0 Å². The van der Waals surface area contributed by atoms with Gasteiger partial charge in [0.1, 0.15) is 17.3 Å². The number of allylic oxidation sites excluding steroid dienone is 1. The molecule has 5 heteroatoms. The Labute approximate surface area is 171 Å². The Kier molecular flexibility index (Phi) is 4.89. The molecule has 154 valence electrons. The van der Waals surface area contributed by atoms with Crippen molar-refractivity contribution in [2.45, 2.75) is 70.4 Å². The van der Waals surface area contributed by atoms with E-state index < -0.39 is 23.3 Å². The number of ether oxygens (including phenoxy) is 3. The zero-order valence-electron chi connectivity index (χ0n) is 17.4. The van der Waals surface area contributed by atoms with Crippen LogP contribution in [-0.2, 0) is 23.8 Å². The Bertz CT molecular complexity index is 886. The van der Waals surface area contributed by atoms with Crippen molar-refractivity contribution < 1.29 is 23.8 Å². The van der Waals surface area contributed by atoms with Crippen molar-refractivity contribution in [3.05, 3.63) is 53.1 Å². The molecular weight excluding hydrogens is 368 g/mol. The topological polar surface area (TPSA) is 61.8 Å². The maximum absolute atomic E-state index is 12.7. The maximum atomic E-state index is 12.7. The molecule has 0 saturated carbocycles. The SMILES string of the molecule is CC(=O)OC1CC2(C)OC1(C)C1CCC(C)=C1C2OC(=O)/C=C/c1ccccc1. The van der Waals surface area contributed by atoms with Gasteiger partial charge in [0, 0.05) is 25.3 Å². The highest BCUT2D eigenvalue weighted by Gasteiger charge is 2.67. The van der Waals surface area contributed by atoms with E-state index in [2.05, 4.69) is 6.92 Å². The summed E-state index contributed by atoms with van der Waals surface area (Å²) in [6.07, 6.45) is 4.76. The highest BCUT2D eigenvalue weighted by atomic mass is 16.6. The van der Waals surface area contributed by atoms with Crippen LogP contribution in [0.25, 0.3) is 6.08 Å². The number of fused-ring (bicyclic) bond motifs is 4. The molecular formula is C24H28O5. The first-order valence-electron chi connectivity index (χ1n) is 10.2. The summed E-state index contributed by atoms with van der Waals surface area (Å²) in [5.74, 6) is -0.622. The standard InChI is InChI=1S/C24H28O5/c1-15-10-12-18-21(15)22(28-20(26)13-11-17-8-6-5-7-9-17)23(3)14-19(27-16(2)25)24(18,4)29-23/h5-9,11,13,18-19,22H,10,12,14H2,1-4H3/b13-11+. The predicted molar refractivity (Wildman–Crippen MR) is 109 cm³/mol. The van der Waals surface area contributed by atoms with Crippen LogP contribution in [0.15, 0.2) is 47.6 Å². The minimum absolute atomic E-state index is 0.0818. The van der Waals surface area contributed by atoms with E-state index in [1.165, 1.54) is 18.6 Å². The Hall–Kier alpha value is -2.40. The van der Waals surface area contributed by atoms with E-state index in [9.17, 15) is 9.59 Å². The molecule has 5 atom stereocenters. The quantitative estimate of drug-likeness (QED) is 0.433. The van der Waals surface area contributed by atoms with Crippen LogP contribution in [0.2, 0.25) is 0 Å². The third-order valence-electron chi connectivity index (χ3n) is 6.64. The first-order chi connectivity index (χ1) is 13.7. The van der Waals surface area contributed by atoms with Crippen molar-refractivity contribution in [2.75, 3.05) is 0 Å². The highest BCUT2D eigenvalue weighted by molar-refractivity contribution is 5.87. The minimum atomic E-state index is -0.720. The van der Waals surface area contributed by atoms with Crippen LogP contribution >= 0.6 is 0 Å². The number of rotatable bonds is 4. The lowest BCUT2D eigenvalue weighted by molar-refractivity contribution is -0.205. The molecule has 0 spiro atoms. The fourth-order valence-corrected chi connectivity index (χ4v) is 5.36. The second-order valence-electron chi connectivity index (χ2n) is 8.79. The molecule has 2 aliphatic heterocycles. The Balaban J connectivity index is 1.61. The van der Waals surface area contributed by atoms with Crippen molar-refractivity contribution >= 4 is 18.0 Å². The lowest BCUT2D eigenvalue weighted by Crippen LogP contribution is -2.55. The fourth-order valence-electron chi connectivity index (χ4n) is 5.36. The summed E-state index contributed by atoms with van der Waals surface area (Å²) in [7, 11) is 0. The van der Waals surface area contributed by atoms with Gasteiger partial charge in [-0.05, 0) is 50.8 Å². The molecule has 2 saturated heterocycles. The molecule has 1 aromatic rings. The number of carbonyl (C=O) groups excluding carboxylic acids is 2. The van der Waals surface area contributed by atoms with E-state index >= 15 is 0 Å². The first-order valence-corrected chi connectivity index (χ1v) is 10.2. The van der Waals surface area contributed by atoms with Crippen molar-refractivity contribution in [1.29, 1.82) is 0 Å².